The zero-order valence-electron chi connectivity index (χ0n) is 65.7. The zero-order valence-corrected chi connectivity index (χ0v) is 69.2. The first kappa shape index (κ1) is 97.8. The maximum atomic E-state index is 14.3. The molecule has 0 spiro atoms. The van der Waals surface area contributed by atoms with Crippen LogP contribution in [0.4, 0.5) is 0 Å². The number of nitrogens with zero attached hydrogens (tertiary/aromatic N) is 3. The van der Waals surface area contributed by atoms with Crippen molar-refractivity contribution < 1.29 is 77.0 Å². The average molecular weight is 1640 g/mol. The molecule has 0 unspecified atom stereocenters. The Hall–Kier alpha value is -7.40. The van der Waals surface area contributed by atoms with Gasteiger partial charge in [0.15, 0.2) is 5.96 Å². The van der Waals surface area contributed by atoms with Crippen LogP contribution in [0.25, 0.3) is 0 Å². The van der Waals surface area contributed by atoms with Gasteiger partial charge in [0.2, 0.25) is 82.7 Å². The Morgan fingerprint density at radius 3 is 1.38 bits per heavy atom. The Balaban J connectivity index is 1.69. The fourth-order valence-electron chi connectivity index (χ4n) is 12.9. The number of aliphatic carboxylic acids is 1. The van der Waals surface area contributed by atoms with Crippen LogP contribution in [-0.4, -0.2) is 269 Å². The maximum Gasteiger partial charge on any atom is 0.326 e. The van der Waals surface area contributed by atoms with Crippen molar-refractivity contribution in [1.82, 2.24) is 78.9 Å². The van der Waals surface area contributed by atoms with Gasteiger partial charge in [0.25, 0.3) is 0 Å². The predicted molar refractivity (Wildman–Crippen MR) is 431 cm³/mol. The fourth-order valence-corrected chi connectivity index (χ4v) is 14.1. The number of amides is 14. The van der Waals surface area contributed by atoms with E-state index in [-0.39, 0.29) is 99.6 Å². The highest BCUT2D eigenvalue weighted by Gasteiger charge is 2.43. The van der Waals surface area contributed by atoms with Crippen LogP contribution in [-0.2, 0) is 71.9 Å². The summed E-state index contributed by atoms with van der Waals surface area (Å²) in [4.78, 5) is 214. The molecule has 3 aliphatic heterocycles. The van der Waals surface area contributed by atoms with Crippen molar-refractivity contribution in [3.63, 3.8) is 0 Å². The summed E-state index contributed by atoms with van der Waals surface area (Å²) in [6.45, 7) is 14.8. The number of carbonyl (C=O) groups is 15. The van der Waals surface area contributed by atoms with Crippen LogP contribution in [0.2, 0.25) is 0 Å². The molecule has 3 saturated heterocycles. The normalized spacial score (nSPS) is 18.7. The number of carbonyl (C=O) groups excluding carboxylic acids is 14. The van der Waals surface area contributed by atoms with Gasteiger partial charge in [-0.15, -0.1) is 0 Å². The fraction of sp³-hybridized carbons (Fsp3) is 0.775. The number of carboxylic acid groups (broad SMARTS) is 1. The lowest BCUT2D eigenvalue weighted by Gasteiger charge is -2.32. The van der Waals surface area contributed by atoms with Crippen LogP contribution >= 0.6 is 49.6 Å². The third kappa shape index (κ3) is 32.9. The number of likely N-dealkylation sites (tertiary alicyclic amines) is 2. The SMILES string of the molecule is CC[C@H](C)[C@H](NC(=O)[C@H](CCCCN)NC(=O)[C@@H](NC(=O)[C@@H]1CCCN1C(=O)[C@H](CS)NC(=O)[C@@H](NC(=O)[C@@H]1CCCN1C(=O)CNC(=O)[C@H](CCSC)NC(=O)[C@H](CS)NC(=O)[C@H](CS)NC(=O)[C@H](CC(C)C)NC(=O)[C@H](CCCCN)NC(=O)[C@H](CCCN=C(N)N)NC(=O)[C@@H]1CCCN1)C(C)C)C(C)C)C(=O)O. The van der Waals surface area contributed by atoms with Gasteiger partial charge in [-0.1, -0.05) is 61.8 Å². The second-order valence-corrected chi connectivity index (χ2v) is 31.5. The van der Waals surface area contributed by atoms with E-state index in [1.54, 1.807) is 47.8 Å². The van der Waals surface area contributed by atoms with E-state index in [1.165, 1.54) is 21.6 Å². The molecule has 3 aliphatic rings. The third-order valence-corrected chi connectivity index (χ3v) is 21.3. The van der Waals surface area contributed by atoms with Gasteiger partial charge in [0.05, 0.1) is 12.6 Å². The molecule has 0 bridgehead atoms. The van der Waals surface area contributed by atoms with Crippen LogP contribution in [0, 0.1) is 23.7 Å². The number of nitrogens with two attached hydrogens (primary N) is 4. The van der Waals surface area contributed by atoms with E-state index in [4.69, 9.17) is 22.9 Å². The zero-order chi connectivity index (χ0) is 83.2. The first-order valence-electron chi connectivity index (χ1n) is 38.6. The molecule has 630 valence electrons. The minimum Gasteiger partial charge on any atom is -0.480 e. The number of hydrogen-bond donors (Lipinski definition) is 21. The number of hydrogen-bond acceptors (Lipinski definition) is 23. The number of rotatable bonds is 51. The first-order valence-corrected chi connectivity index (χ1v) is 41.9. The van der Waals surface area contributed by atoms with E-state index < -0.39 is 192 Å². The summed E-state index contributed by atoms with van der Waals surface area (Å²) in [6.07, 6.45) is 7.40. The molecule has 3 heterocycles. The topological polar surface area (TPSA) is 556 Å². The molecule has 0 aromatic heterocycles. The summed E-state index contributed by atoms with van der Waals surface area (Å²) in [5, 5.41) is 45.1. The lowest BCUT2D eigenvalue weighted by molar-refractivity contribution is -0.144. The van der Waals surface area contributed by atoms with Crippen molar-refractivity contribution in [2.75, 3.05) is 75.1 Å². The highest BCUT2D eigenvalue weighted by molar-refractivity contribution is 7.98. The van der Waals surface area contributed by atoms with Gasteiger partial charge >= 0.3 is 5.97 Å². The molecular formula is C71H126N20O16S4. The van der Waals surface area contributed by atoms with Crippen LogP contribution in [0.15, 0.2) is 4.99 Å². The summed E-state index contributed by atoms with van der Waals surface area (Å²) >= 11 is 14.4. The molecule has 0 aliphatic carbocycles. The van der Waals surface area contributed by atoms with Crippen molar-refractivity contribution in [2.45, 2.75) is 249 Å². The predicted octanol–water partition coefficient (Wildman–Crippen LogP) is -3.49. The molecule has 0 radical (unpaired) electrons. The molecule has 15 atom stereocenters. The highest BCUT2D eigenvalue weighted by atomic mass is 32.2. The molecule has 40 heteroatoms. The molecule has 0 saturated carbocycles. The molecule has 3 fully saturated rings. The van der Waals surface area contributed by atoms with Gasteiger partial charge < -0.3 is 107 Å². The van der Waals surface area contributed by atoms with Gasteiger partial charge in [0.1, 0.15) is 78.5 Å². The summed E-state index contributed by atoms with van der Waals surface area (Å²) < 4.78 is 0. The van der Waals surface area contributed by atoms with Crippen molar-refractivity contribution in [2.24, 2.45) is 51.6 Å². The van der Waals surface area contributed by atoms with E-state index in [0.717, 1.165) is 6.42 Å². The Labute approximate surface area is 672 Å². The molecule has 111 heavy (non-hydrogen) atoms. The van der Waals surface area contributed by atoms with Gasteiger partial charge in [-0.2, -0.15) is 49.6 Å². The number of guanidine groups is 1. The Bertz CT molecular complexity index is 3130. The van der Waals surface area contributed by atoms with Gasteiger partial charge in [-0.05, 0) is 158 Å². The van der Waals surface area contributed by atoms with Gasteiger partial charge in [-0.3, -0.25) is 72.1 Å². The van der Waals surface area contributed by atoms with E-state index in [1.807, 2.05) is 13.8 Å². The van der Waals surface area contributed by atoms with E-state index in [0.29, 0.717) is 83.2 Å². The number of thioether (sulfide) groups is 1. The van der Waals surface area contributed by atoms with E-state index in [2.05, 4.69) is 112 Å². The smallest absolute Gasteiger partial charge is 0.326 e. The summed E-state index contributed by atoms with van der Waals surface area (Å²) in [5.74, 6) is -13.4. The summed E-state index contributed by atoms with van der Waals surface area (Å²) in [6, 6.07) is -16.4. The third-order valence-electron chi connectivity index (χ3n) is 19.5. The summed E-state index contributed by atoms with van der Waals surface area (Å²) in [5.41, 5.74) is 22.5. The van der Waals surface area contributed by atoms with Crippen LogP contribution < -0.4 is 92.1 Å². The standard InChI is InChI=1S/C71H126N20O16S4/c1-10-41(8)56(70(106)107)89-61(97)44(20-12-14-27-73)82-67(103)54(39(4)5)88-66(102)52-24-18-31-91(52)69(105)50(37-110)86-68(104)55(40(6)7)87-65(101)51-23-17-30-90(51)53(92)34-78-57(93)46(25-32-111-9)81-63(99)48(35-108)85-64(100)49(36-109)84-62(98)47(33-38(2)3)83-60(96)43(19-11-13-26-72)80-59(95)45(22-16-29-77-71(74)75)79-58(94)42-21-15-28-76-42/h38-52,54-56,76,108-110H,10-37,72-73H2,1-9H3,(H,78,93)(H,79,94)(H,80,95)(H,81,99)(H,82,103)(H,83,96)(H,84,98)(H,85,100)(H,86,104)(H,87,101)(H,88,102)(H,89,97)(H,106,107)(H4,74,75,77)/t41-,42-,43-,44-,45-,46-,47-,48-,49-,50-,51-,52-,54-,55-,56-/m0/s1. The number of unbranched alkanes of at least 4 members (excludes halogenated alkanes) is 2. The minimum atomic E-state index is -1.39. The monoisotopic (exact) mass is 1640 g/mol. The van der Waals surface area contributed by atoms with Crippen molar-refractivity contribution in [3.8, 4) is 0 Å². The number of carboxylic acids is 1. The number of nitrogens with one attached hydrogen (secondary N) is 13. The van der Waals surface area contributed by atoms with Gasteiger partial charge in [0, 0.05) is 36.9 Å². The average Bonchev–Trinajstić information content (AvgIpc) is 1.72. The Morgan fingerprint density at radius 2 is 0.928 bits per heavy atom. The van der Waals surface area contributed by atoms with Crippen LogP contribution in [0.1, 0.15) is 165 Å². The van der Waals surface area contributed by atoms with Gasteiger partial charge in [-0.25, -0.2) is 4.79 Å². The molecular weight excluding hydrogens is 1520 g/mol. The number of aliphatic imine (C=N–C) groups is 1. The Morgan fingerprint density at radius 1 is 0.495 bits per heavy atom. The molecule has 22 N–H and O–H groups in total. The largest absolute Gasteiger partial charge is 0.480 e. The number of thiol groups is 3. The second kappa shape index (κ2) is 51.4. The van der Waals surface area contributed by atoms with Crippen molar-refractivity contribution in [3.05, 3.63) is 0 Å². The quantitative estimate of drug-likeness (QED) is 0.0122. The minimum absolute atomic E-state index is 0.0618. The maximum absolute atomic E-state index is 14.3. The Kier molecular flexibility index (Phi) is 45.3. The molecule has 3 rings (SSSR count). The van der Waals surface area contributed by atoms with Crippen molar-refractivity contribution >= 4 is 144 Å². The van der Waals surface area contributed by atoms with E-state index in [9.17, 15) is 77.0 Å². The van der Waals surface area contributed by atoms with Crippen molar-refractivity contribution in [1.29, 1.82) is 0 Å². The van der Waals surface area contributed by atoms with Crippen LogP contribution in [0.5, 0.6) is 0 Å². The highest BCUT2D eigenvalue weighted by Crippen LogP contribution is 2.23. The van der Waals surface area contributed by atoms with Crippen LogP contribution in [0.3, 0.4) is 0 Å². The molecule has 14 amide bonds. The lowest BCUT2D eigenvalue weighted by atomic mass is 9.98. The lowest BCUT2D eigenvalue weighted by Crippen LogP contribution is -2.61. The molecule has 0 aromatic rings. The summed E-state index contributed by atoms with van der Waals surface area (Å²) in [7, 11) is 0. The second-order valence-electron chi connectivity index (χ2n) is 29.4. The molecule has 0 aromatic carbocycles. The first-order chi connectivity index (χ1) is 52.6. The molecule has 36 nitrogen and oxygen atoms in total. The van der Waals surface area contributed by atoms with E-state index >= 15 is 0 Å².